The van der Waals surface area contributed by atoms with E-state index in [0.717, 1.165) is 5.56 Å². The van der Waals surface area contributed by atoms with Crippen LogP contribution in [0.3, 0.4) is 0 Å². The third-order valence-corrected chi connectivity index (χ3v) is 2.17. The number of benzene rings is 1. The fourth-order valence-corrected chi connectivity index (χ4v) is 1.17. The van der Waals surface area contributed by atoms with Crippen molar-refractivity contribution >= 4 is 28.9 Å². The second-order valence-corrected chi connectivity index (χ2v) is 2.95. The maximum Gasteiger partial charge on any atom is 0.388 e. The normalized spacial score (nSPS) is 9.27. The number of hydrogen-bond acceptors (Lipinski definition) is 1. The van der Waals surface area contributed by atoms with Crippen molar-refractivity contribution in [3.05, 3.63) is 32.7 Å². The maximum absolute atomic E-state index is 8.39. The van der Waals surface area contributed by atoms with Crippen LogP contribution < -0.4 is 0 Å². The lowest BCUT2D eigenvalue weighted by molar-refractivity contribution is 1.43. The minimum atomic E-state index is 0.366. The summed E-state index contributed by atoms with van der Waals surface area (Å²) in [5.74, 6) is 0. The van der Waals surface area contributed by atoms with Crippen molar-refractivity contribution in [2.45, 2.75) is 6.92 Å². The molecule has 0 spiro atoms. The summed E-state index contributed by atoms with van der Waals surface area (Å²) in [4.78, 5) is 2.96. The first-order valence-electron chi connectivity index (χ1n) is 2.96. The monoisotopic (exact) mass is 187 g/mol. The average Bonchev–Trinajstić information content (AvgIpc) is 1.99. The van der Waals surface area contributed by atoms with Crippen LogP contribution in [0.25, 0.3) is 4.98 Å². The fraction of sp³-hybridized carbons (Fsp3) is 0.143. The molecule has 0 amide bonds. The standard InChI is InChI=1S/C7H5Cl2N2/c1-4-6(8)2-5(11-10)3-7(4)9/h2-3H,1H3/q+1. The van der Waals surface area contributed by atoms with Gasteiger partial charge in [0.25, 0.3) is 0 Å². The lowest BCUT2D eigenvalue weighted by Gasteiger charge is -1.95. The van der Waals surface area contributed by atoms with Crippen molar-refractivity contribution in [3.8, 4) is 0 Å². The Labute approximate surface area is 74.4 Å². The van der Waals surface area contributed by atoms with Crippen LogP contribution in [-0.4, -0.2) is 0 Å². The van der Waals surface area contributed by atoms with Gasteiger partial charge in [0.15, 0.2) is 4.98 Å². The Hall–Kier alpha value is -0.780. The first kappa shape index (κ1) is 8.32. The molecule has 4 heteroatoms. The summed E-state index contributed by atoms with van der Waals surface area (Å²) in [6.45, 7) is 1.80. The van der Waals surface area contributed by atoms with E-state index in [2.05, 4.69) is 4.98 Å². The maximum atomic E-state index is 8.39. The largest absolute Gasteiger partial charge is 0.388 e. The number of nitrogens with zero attached hydrogens (tertiary/aromatic N) is 2. The molecule has 0 unspecified atom stereocenters. The van der Waals surface area contributed by atoms with Crippen LogP contribution in [0.4, 0.5) is 5.69 Å². The van der Waals surface area contributed by atoms with Crippen LogP contribution >= 0.6 is 23.2 Å². The van der Waals surface area contributed by atoms with Gasteiger partial charge in [0.2, 0.25) is 5.39 Å². The molecule has 1 aromatic carbocycles. The molecule has 0 N–H and O–H groups in total. The number of halogens is 2. The molecule has 0 atom stereocenters. The van der Waals surface area contributed by atoms with Gasteiger partial charge >= 0.3 is 5.69 Å². The first-order valence-corrected chi connectivity index (χ1v) is 3.71. The highest BCUT2D eigenvalue weighted by Gasteiger charge is 2.10. The predicted molar refractivity (Wildman–Crippen MR) is 45.9 cm³/mol. The summed E-state index contributed by atoms with van der Waals surface area (Å²) in [6, 6.07) is 3.09. The van der Waals surface area contributed by atoms with Gasteiger partial charge in [-0.3, -0.25) is 0 Å². The molecule has 0 aliphatic carbocycles. The molecule has 0 bridgehead atoms. The molecule has 2 nitrogen and oxygen atoms in total. The Bertz CT molecular complexity index is 305. The van der Waals surface area contributed by atoms with Crippen LogP contribution in [0.5, 0.6) is 0 Å². The quantitative estimate of drug-likeness (QED) is 0.569. The average molecular weight is 188 g/mol. The smallest absolute Gasteiger partial charge is 0.0837 e. The van der Waals surface area contributed by atoms with Crippen LogP contribution in [0.2, 0.25) is 10.0 Å². The van der Waals surface area contributed by atoms with E-state index in [4.69, 9.17) is 28.6 Å². The minimum Gasteiger partial charge on any atom is -0.0837 e. The Kier molecular flexibility index (Phi) is 2.33. The Morgan fingerprint density at radius 2 is 1.73 bits per heavy atom. The van der Waals surface area contributed by atoms with E-state index in [1.807, 2.05) is 0 Å². The second-order valence-electron chi connectivity index (χ2n) is 2.13. The molecule has 1 aromatic rings. The van der Waals surface area contributed by atoms with Gasteiger partial charge < -0.3 is 0 Å². The van der Waals surface area contributed by atoms with Crippen molar-refractivity contribution < 1.29 is 0 Å². The van der Waals surface area contributed by atoms with E-state index in [9.17, 15) is 0 Å². The van der Waals surface area contributed by atoms with Crippen molar-refractivity contribution in [1.29, 1.82) is 5.39 Å². The molecule has 56 valence electrons. The van der Waals surface area contributed by atoms with Gasteiger partial charge in [0, 0.05) is 0 Å². The van der Waals surface area contributed by atoms with Crippen molar-refractivity contribution in [2.24, 2.45) is 0 Å². The van der Waals surface area contributed by atoms with E-state index in [1.165, 1.54) is 0 Å². The molecule has 0 saturated carbocycles. The predicted octanol–water partition coefficient (Wildman–Crippen LogP) is 3.79. The van der Waals surface area contributed by atoms with Gasteiger partial charge in [-0.15, -0.1) is 0 Å². The Morgan fingerprint density at radius 3 is 2.09 bits per heavy atom. The van der Waals surface area contributed by atoms with E-state index in [1.54, 1.807) is 19.1 Å². The minimum absolute atomic E-state index is 0.366. The summed E-state index contributed by atoms with van der Waals surface area (Å²) in [7, 11) is 0. The summed E-state index contributed by atoms with van der Waals surface area (Å²) < 4.78 is 0. The van der Waals surface area contributed by atoms with Crippen LogP contribution in [0, 0.1) is 12.3 Å². The zero-order valence-electron chi connectivity index (χ0n) is 5.81. The fourth-order valence-electron chi connectivity index (χ4n) is 0.690. The van der Waals surface area contributed by atoms with E-state index in [-0.39, 0.29) is 0 Å². The van der Waals surface area contributed by atoms with Gasteiger partial charge in [-0.05, 0) is 12.5 Å². The van der Waals surface area contributed by atoms with E-state index in [0.29, 0.717) is 15.7 Å². The first-order chi connectivity index (χ1) is 5.15. The van der Waals surface area contributed by atoms with Gasteiger partial charge in [0.05, 0.1) is 22.2 Å². The molecule has 0 aromatic heterocycles. The lowest BCUT2D eigenvalue weighted by atomic mass is 10.2. The van der Waals surface area contributed by atoms with Crippen LogP contribution in [-0.2, 0) is 0 Å². The molecule has 0 heterocycles. The van der Waals surface area contributed by atoms with Crippen LogP contribution in [0.1, 0.15) is 5.56 Å². The SMILES string of the molecule is Cc1c(Cl)cc([N+]#N)cc1Cl. The summed E-state index contributed by atoms with van der Waals surface area (Å²) in [5.41, 5.74) is 1.16. The highest BCUT2D eigenvalue weighted by molar-refractivity contribution is 6.36. The molecular formula is C7H5Cl2N2+. The lowest BCUT2D eigenvalue weighted by Crippen LogP contribution is -1.75. The number of diazo groups is 1. The van der Waals surface area contributed by atoms with E-state index >= 15 is 0 Å². The van der Waals surface area contributed by atoms with Gasteiger partial charge in [-0.1, -0.05) is 23.2 Å². The Balaban J connectivity index is 3.35. The topological polar surface area (TPSA) is 28.1 Å². The zero-order chi connectivity index (χ0) is 8.43. The second kappa shape index (κ2) is 3.08. The molecule has 0 radical (unpaired) electrons. The summed E-state index contributed by atoms with van der Waals surface area (Å²) in [5, 5.41) is 9.39. The van der Waals surface area contributed by atoms with Crippen molar-refractivity contribution in [3.63, 3.8) is 0 Å². The van der Waals surface area contributed by atoms with Crippen molar-refractivity contribution in [2.75, 3.05) is 0 Å². The third-order valence-electron chi connectivity index (χ3n) is 1.38. The van der Waals surface area contributed by atoms with Crippen molar-refractivity contribution in [1.82, 2.24) is 0 Å². The van der Waals surface area contributed by atoms with Gasteiger partial charge in [-0.25, -0.2) is 0 Å². The third kappa shape index (κ3) is 1.62. The van der Waals surface area contributed by atoms with E-state index < -0.39 is 0 Å². The summed E-state index contributed by atoms with van der Waals surface area (Å²) in [6.07, 6.45) is 0. The number of hydrogen-bond donors (Lipinski definition) is 0. The molecule has 0 saturated heterocycles. The summed E-state index contributed by atoms with van der Waals surface area (Å²) >= 11 is 11.5. The van der Waals surface area contributed by atoms with Crippen LogP contribution in [0.15, 0.2) is 12.1 Å². The molecule has 0 aliphatic rings. The number of rotatable bonds is 0. The highest BCUT2D eigenvalue weighted by atomic mass is 35.5. The van der Waals surface area contributed by atoms with Gasteiger partial charge in [0.1, 0.15) is 0 Å². The molecule has 0 aliphatic heterocycles. The Morgan fingerprint density at radius 1 is 1.27 bits per heavy atom. The zero-order valence-corrected chi connectivity index (χ0v) is 7.32. The van der Waals surface area contributed by atoms with Gasteiger partial charge in [-0.2, -0.15) is 0 Å². The molecule has 1 rings (SSSR count). The molecule has 0 fully saturated rings. The molecule has 11 heavy (non-hydrogen) atoms. The highest BCUT2D eigenvalue weighted by Crippen LogP contribution is 2.29. The molecular weight excluding hydrogens is 183 g/mol.